The average Bonchev–Trinajstić information content (AvgIpc) is 3.17. The topological polar surface area (TPSA) is 68.8 Å². The van der Waals surface area contributed by atoms with Crippen molar-refractivity contribution >= 4 is 16.9 Å². The van der Waals surface area contributed by atoms with Crippen LogP contribution in [0.1, 0.15) is 23.6 Å². The molecule has 5 nitrogen and oxygen atoms in total. The maximum Gasteiger partial charge on any atom is 0.146 e. The van der Waals surface area contributed by atoms with E-state index in [0.29, 0.717) is 11.9 Å². The second kappa shape index (κ2) is 5.42. The van der Waals surface area contributed by atoms with Crippen molar-refractivity contribution in [2.45, 2.75) is 18.9 Å². The third-order valence-corrected chi connectivity index (χ3v) is 4.38. The molecular formula is C17H19N5. The molecule has 1 saturated heterocycles. The number of hydrogen-bond donors (Lipinski definition) is 2. The quantitative estimate of drug-likeness (QED) is 0.776. The first-order chi connectivity index (χ1) is 10.8. The summed E-state index contributed by atoms with van der Waals surface area (Å²) >= 11 is 0. The number of nitrogens with zero attached hydrogens (tertiary/aromatic N) is 3. The summed E-state index contributed by atoms with van der Waals surface area (Å²) in [6, 6.07) is 10.9. The lowest BCUT2D eigenvalue weighted by molar-refractivity contribution is 0.560. The molecule has 0 amide bonds. The van der Waals surface area contributed by atoms with Gasteiger partial charge in [-0.3, -0.25) is 0 Å². The molecule has 112 valence electrons. The minimum atomic E-state index is 0.446. The van der Waals surface area contributed by atoms with Crippen LogP contribution in [0, 0.1) is 0 Å². The number of benzene rings is 1. The number of aromatic nitrogens is 3. The number of nitrogens with one attached hydrogen (secondary N) is 1. The number of fused-ring (bicyclic) bond motifs is 1. The fourth-order valence-corrected chi connectivity index (χ4v) is 3.29. The number of rotatable bonds is 3. The smallest absolute Gasteiger partial charge is 0.146 e. The van der Waals surface area contributed by atoms with E-state index in [-0.39, 0.29) is 0 Å². The predicted molar refractivity (Wildman–Crippen MR) is 87.7 cm³/mol. The Morgan fingerprint density at radius 1 is 1.23 bits per heavy atom. The minimum absolute atomic E-state index is 0.446. The van der Waals surface area contributed by atoms with Gasteiger partial charge in [0.1, 0.15) is 17.8 Å². The van der Waals surface area contributed by atoms with Crippen LogP contribution < -0.4 is 11.1 Å². The fourth-order valence-electron chi connectivity index (χ4n) is 3.29. The molecule has 0 bridgehead atoms. The lowest BCUT2D eigenvalue weighted by Crippen LogP contribution is -2.13. The second-order valence-corrected chi connectivity index (χ2v) is 5.83. The molecule has 2 aromatic heterocycles. The van der Waals surface area contributed by atoms with E-state index in [1.807, 2.05) is 6.07 Å². The Labute approximate surface area is 129 Å². The second-order valence-electron chi connectivity index (χ2n) is 5.83. The molecule has 0 spiro atoms. The summed E-state index contributed by atoms with van der Waals surface area (Å²) in [7, 11) is 0. The Kier molecular flexibility index (Phi) is 3.27. The van der Waals surface area contributed by atoms with E-state index in [4.69, 9.17) is 5.73 Å². The molecule has 3 heterocycles. The zero-order valence-electron chi connectivity index (χ0n) is 12.4. The van der Waals surface area contributed by atoms with Crippen LogP contribution in [0.2, 0.25) is 0 Å². The summed E-state index contributed by atoms with van der Waals surface area (Å²) in [5, 5.41) is 4.41. The van der Waals surface area contributed by atoms with Gasteiger partial charge in [0.05, 0.1) is 5.39 Å². The first kappa shape index (κ1) is 13.3. The summed E-state index contributed by atoms with van der Waals surface area (Å²) in [6.07, 6.45) is 5.74. The highest BCUT2D eigenvalue weighted by Gasteiger charge is 2.22. The van der Waals surface area contributed by atoms with Crippen molar-refractivity contribution in [3.05, 3.63) is 54.0 Å². The van der Waals surface area contributed by atoms with E-state index >= 15 is 0 Å². The van der Waals surface area contributed by atoms with Gasteiger partial charge in [-0.15, -0.1) is 0 Å². The molecule has 1 aliphatic heterocycles. The highest BCUT2D eigenvalue weighted by molar-refractivity contribution is 5.90. The SMILES string of the molecule is Nc1ncnc2c1c(Cc1ccccc1)cn2[C@@H]1CCNC1. The van der Waals surface area contributed by atoms with Gasteiger partial charge < -0.3 is 15.6 Å². The molecule has 3 N–H and O–H groups in total. The van der Waals surface area contributed by atoms with Crippen molar-refractivity contribution in [1.82, 2.24) is 19.9 Å². The third kappa shape index (κ3) is 2.23. The van der Waals surface area contributed by atoms with Crippen molar-refractivity contribution in [1.29, 1.82) is 0 Å². The molecule has 22 heavy (non-hydrogen) atoms. The summed E-state index contributed by atoms with van der Waals surface area (Å²) in [5.74, 6) is 0.570. The van der Waals surface area contributed by atoms with Crippen molar-refractivity contribution in [3.63, 3.8) is 0 Å². The predicted octanol–water partition coefficient (Wildman–Crippen LogP) is 2.14. The number of nitrogen functional groups attached to an aromatic ring is 1. The fraction of sp³-hybridized carbons (Fsp3) is 0.294. The highest BCUT2D eigenvalue weighted by atomic mass is 15.1. The largest absolute Gasteiger partial charge is 0.383 e. The van der Waals surface area contributed by atoms with Crippen LogP contribution in [-0.2, 0) is 6.42 Å². The molecule has 3 aromatic rings. The Bertz CT molecular complexity index is 787. The van der Waals surface area contributed by atoms with Gasteiger partial charge >= 0.3 is 0 Å². The zero-order chi connectivity index (χ0) is 14.9. The van der Waals surface area contributed by atoms with Crippen molar-refractivity contribution < 1.29 is 0 Å². The Hall–Kier alpha value is -2.40. The van der Waals surface area contributed by atoms with Gasteiger partial charge in [0.15, 0.2) is 0 Å². The minimum Gasteiger partial charge on any atom is -0.383 e. The molecule has 4 rings (SSSR count). The monoisotopic (exact) mass is 293 g/mol. The normalized spacial score (nSPS) is 18.1. The molecule has 1 aliphatic rings. The van der Waals surface area contributed by atoms with Gasteiger partial charge in [0, 0.05) is 18.8 Å². The molecule has 1 aromatic carbocycles. The molecule has 0 saturated carbocycles. The van der Waals surface area contributed by atoms with E-state index in [1.165, 1.54) is 11.1 Å². The van der Waals surface area contributed by atoms with E-state index in [9.17, 15) is 0 Å². The summed E-state index contributed by atoms with van der Waals surface area (Å²) < 4.78 is 2.27. The number of anilines is 1. The molecule has 1 atom stereocenters. The molecule has 1 fully saturated rings. The number of hydrogen-bond acceptors (Lipinski definition) is 4. The molecule has 0 radical (unpaired) electrons. The summed E-state index contributed by atoms with van der Waals surface area (Å²) in [4.78, 5) is 8.68. The zero-order valence-corrected chi connectivity index (χ0v) is 12.4. The lowest BCUT2D eigenvalue weighted by atomic mass is 10.1. The van der Waals surface area contributed by atoms with E-state index in [2.05, 4.69) is 50.3 Å². The summed E-state index contributed by atoms with van der Waals surface area (Å²) in [5.41, 5.74) is 9.57. The van der Waals surface area contributed by atoms with Crippen LogP contribution in [0.25, 0.3) is 11.0 Å². The van der Waals surface area contributed by atoms with Gasteiger partial charge in [-0.2, -0.15) is 0 Å². The summed E-state index contributed by atoms with van der Waals surface area (Å²) in [6.45, 7) is 2.04. The lowest BCUT2D eigenvalue weighted by Gasteiger charge is -2.11. The van der Waals surface area contributed by atoms with Gasteiger partial charge in [-0.25, -0.2) is 9.97 Å². The highest BCUT2D eigenvalue weighted by Crippen LogP contribution is 2.30. The van der Waals surface area contributed by atoms with Crippen LogP contribution in [0.5, 0.6) is 0 Å². The van der Waals surface area contributed by atoms with Gasteiger partial charge in [-0.1, -0.05) is 30.3 Å². The van der Waals surface area contributed by atoms with E-state index in [0.717, 1.165) is 37.0 Å². The first-order valence-electron chi connectivity index (χ1n) is 7.67. The molecular weight excluding hydrogens is 274 g/mol. The van der Waals surface area contributed by atoms with E-state index in [1.54, 1.807) is 6.33 Å². The van der Waals surface area contributed by atoms with Gasteiger partial charge in [0.25, 0.3) is 0 Å². The van der Waals surface area contributed by atoms with Crippen LogP contribution >= 0.6 is 0 Å². The first-order valence-corrected chi connectivity index (χ1v) is 7.67. The van der Waals surface area contributed by atoms with Gasteiger partial charge in [-0.05, 0) is 30.5 Å². The van der Waals surface area contributed by atoms with Crippen LogP contribution in [0.3, 0.4) is 0 Å². The maximum absolute atomic E-state index is 6.14. The van der Waals surface area contributed by atoms with E-state index < -0.39 is 0 Å². The van der Waals surface area contributed by atoms with Gasteiger partial charge in [0.2, 0.25) is 0 Å². The van der Waals surface area contributed by atoms with Crippen LogP contribution in [0.15, 0.2) is 42.9 Å². The Balaban J connectivity index is 1.83. The Morgan fingerprint density at radius 3 is 2.86 bits per heavy atom. The standard InChI is InChI=1S/C17H19N5/c18-16-15-13(8-12-4-2-1-3-5-12)10-22(14-6-7-19-9-14)17(15)21-11-20-16/h1-5,10-11,14,19H,6-9H2,(H2,18,20,21)/t14-/m1/s1. The molecule has 0 aliphatic carbocycles. The van der Waals surface area contributed by atoms with Crippen molar-refractivity contribution in [2.75, 3.05) is 18.8 Å². The van der Waals surface area contributed by atoms with Crippen LogP contribution in [0.4, 0.5) is 5.82 Å². The molecule has 5 heteroatoms. The molecule has 0 unspecified atom stereocenters. The average molecular weight is 293 g/mol. The maximum atomic E-state index is 6.14. The third-order valence-electron chi connectivity index (χ3n) is 4.38. The van der Waals surface area contributed by atoms with Crippen molar-refractivity contribution in [3.8, 4) is 0 Å². The Morgan fingerprint density at radius 2 is 2.09 bits per heavy atom. The number of nitrogens with two attached hydrogens (primary N) is 1. The van der Waals surface area contributed by atoms with Crippen molar-refractivity contribution in [2.24, 2.45) is 0 Å². The van der Waals surface area contributed by atoms with Crippen LogP contribution in [-0.4, -0.2) is 27.6 Å².